The van der Waals surface area contributed by atoms with Crippen molar-refractivity contribution in [2.75, 3.05) is 18.4 Å². The third-order valence-electron chi connectivity index (χ3n) is 5.99. The van der Waals surface area contributed by atoms with E-state index in [1.54, 1.807) is 9.58 Å². The van der Waals surface area contributed by atoms with Crippen LogP contribution in [0.15, 0.2) is 72.8 Å². The zero-order valence-electron chi connectivity index (χ0n) is 21.0. The molecule has 0 aliphatic rings. The van der Waals surface area contributed by atoms with E-state index in [9.17, 15) is 9.59 Å². The molecule has 3 aromatic carbocycles. The number of nitrogens with zero attached hydrogens (tertiary/aromatic N) is 3. The lowest BCUT2D eigenvalue weighted by molar-refractivity contribution is -0.116. The van der Waals surface area contributed by atoms with Gasteiger partial charge in [0.1, 0.15) is 12.4 Å². The molecule has 0 atom stereocenters. The number of likely N-dealkylation sites (N-methyl/N-ethyl adjacent to an activating group) is 1. The molecular formula is C29H32N4O2. The maximum Gasteiger partial charge on any atom is 0.254 e. The van der Waals surface area contributed by atoms with Gasteiger partial charge in [0.15, 0.2) is 0 Å². The molecule has 0 saturated carbocycles. The first-order valence-corrected chi connectivity index (χ1v) is 11.9. The molecule has 0 spiro atoms. The zero-order chi connectivity index (χ0) is 25.2. The normalized spacial score (nSPS) is 11.5. The summed E-state index contributed by atoms with van der Waals surface area (Å²) in [6, 6.07) is 23.4. The van der Waals surface area contributed by atoms with Crippen LogP contribution in [-0.4, -0.2) is 39.6 Å². The average Bonchev–Trinajstić information content (AvgIpc) is 3.26. The van der Waals surface area contributed by atoms with Crippen molar-refractivity contribution in [3.8, 4) is 5.69 Å². The number of benzene rings is 3. The van der Waals surface area contributed by atoms with Crippen LogP contribution in [0.25, 0.3) is 16.5 Å². The second kappa shape index (κ2) is 9.74. The fourth-order valence-corrected chi connectivity index (χ4v) is 3.98. The molecule has 0 saturated heterocycles. The molecule has 0 unspecified atom stereocenters. The van der Waals surface area contributed by atoms with Crippen molar-refractivity contribution in [2.45, 2.75) is 40.0 Å². The molecule has 6 heteroatoms. The lowest BCUT2D eigenvalue weighted by atomic mass is 9.92. The van der Waals surface area contributed by atoms with Gasteiger partial charge >= 0.3 is 0 Å². The SMILES string of the molecule is CCN(CC(=O)Nc1cc(C(C)(C)C)nn1-c1cccc(C)c1)C(=O)c1ccc2ccccc2c1. The summed E-state index contributed by atoms with van der Waals surface area (Å²) >= 11 is 0. The van der Waals surface area contributed by atoms with Crippen molar-refractivity contribution in [3.05, 3.63) is 89.6 Å². The van der Waals surface area contributed by atoms with Gasteiger partial charge in [-0.25, -0.2) is 4.68 Å². The van der Waals surface area contributed by atoms with Gasteiger partial charge in [0.05, 0.1) is 11.4 Å². The lowest BCUT2D eigenvalue weighted by Crippen LogP contribution is -2.38. The monoisotopic (exact) mass is 468 g/mol. The van der Waals surface area contributed by atoms with Gasteiger partial charge in [-0.1, -0.05) is 63.2 Å². The lowest BCUT2D eigenvalue weighted by Gasteiger charge is -2.21. The Hall–Kier alpha value is -3.93. The topological polar surface area (TPSA) is 67.2 Å². The van der Waals surface area contributed by atoms with Gasteiger partial charge in [0.2, 0.25) is 5.91 Å². The number of hydrogen-bond acceptors (Lipinski definition) is 3. The Balaban J connectivity index is 1.56. The zero-order valence-corrected chi connectivity index (χ0v) is 21.0. The maximum absolute atomic E-state index is 13.2. The third-order valence-corrected chi connectivity index (χ3v) is 5.99. The predicted octanol–water partition coefficient (Wildman–Crippen LogP) is 5.73. The highest BCUT2D eigenvalue weighted by Crippen LogP contribution is 2.26. The van der Waals surface area contributed by atoms with E-state index >= 15 is 0 Å². The van der Waals surface area contributed by atoms with Crippen molar-refractivity contribution >= 4 is 28.4 Å². The number of amides is 2. The maximum atomic E-state index is 13.2. The smallest absolute Gasteiger partial charge is 0.254 e. The van der Waals surface area contributed by atoms with Crippen molar-refractivity contribution in [1.29, 1.82) is 0 Å². The Morgan fingerprint density at radius 1 is 0.943 bits per heavy atom. The van der Waals surface area contributed by atoms with Crippen LogP contribution in [-0.2, 0) is 10.2 Å². The highest BCUT2D eigenvalue weighted by Gasteiger charge is 2.23. The Labute approximate surface area is 206 Å². The largest absolute Gasteiger partial charge is 0.330 e. The van der Waals surface area contributed by atoms with Crippen LogP contribution in [0.3, 0.4) is 0 Å². The number of hydrogen-bond donors (Lipinski definition) is 1. The van der Waals surface area contributed by atoms with Gasteiger partial charge in [-0.15, -0.1) is 0 Å². The van der Waals surface area contributed by atoms with E-state index in [1.165, 1.54) is 0 Å². The van der Waals surface area contributed by atoms with Gasteiger partial charge in [0, 0.05) is 23.6 Å². The summed E-state index contributed by atoms with van der Waals surface area (Å²) in [5, 5.41) is 9.84. The molecule has 4 rings (SSSR count). The molecule has 2 amide bonds. The highest BCUT2D eigenvalue weighted by molar-refractivity contribution is 6.01. The van der Waals surface area contributed by atoms with Crippen LogP contribution in [0.2, 0.25) is 0 Å². The number of rotatable bonds is 6. The minimum atomic E-state index is -0.268. The number of carbonyl (C=O) groups excluding carboxylic acids is 2. The predicted molar refractivity (Wildman–Crippen MR) is 141 cm³/mol. The first-order valence-electron chi connectivity index (χ1n) is 11.9. The van der Waals surface area contributed by atoms with Gasteiger partial charge in [-0.05, 0) is 54.4 Å². The van der Waals surface area contributed by atoms with Crippen LogP contribution < -0.4 is 5.32 Å². The Morgan fingerprint density at radius 3 is 2.37 bits per heavy atom. The van der Waals surface area contributed by atoms with Crippen LogP contribution in [0, 0.1) is 6.92 Å². The van der Waals surface area contributed by atoms with Gasteiger partial charge in [0.25, 0.3) is 5.91 Å². The summed E-state index contributed by atoms with van der Waals surface area (Å²) in [6.45, 7) is 10.5. The highest BCUT2D eigenvalue weighted by atomic mass is 16.2. The molecule has 0 aliphatic carbocycles. The average molecular weight is 469 g/mol. The molecule has 6 nitrogen and oxygen atoms in total. The fraction of sp³-hybridized carbons (Fsp3) is 0.276. The van der Waals surface area contributed by atoms with E-state index in [2.05, 4.69) is 26.1 Å². The number of aryl methyl sites for hydroxylation is 1. The first-order chi connectivity index (χ1) is 16.7. The molecule has 1 aromatic heterocycles. The number of fused-ring (bicyclic) bond motifs is 1. The summed E-state index contributed by atoms with van der Waals surface area (Å²) in [5.41, 5.74) is 3.23. The number of aromatic nitrogens is 2. The number of nitrogens with one attached hydrogen (secondary N) is 1. The summed E-state index contributed by atoms with van der Waals surface area (Å²) < 4.78 is 1.76. The van der Waals surface area contributed by atoms with Crippen molar-refractivity contribution < 1.29 is 9.59 Å². The third kappa shape index (κ3) is 5.43. The molecule has 0 fully saturated rings. The van der Waals surface area contributed by atoms with E-state index in [4.69, 9.17) is 5.10 Å². The van der Waals surface area contributed by atoms with Crippen LogP contribution in [0.1, 0.15) is 49.3 Å². The summed E-state index contributed by atoms with van der Waals surface area (Å²) in [5.74, 6) is 0.144. The van der Waals surface area contributed by atoms with Crippen LogP contribution in [0.5, 0.6) is 0 Å². The fourth-order valence-electron chi connectivity index (χ4n) is 3.98. The van der Waals surface area contributed by atoms with E-state index in [0.29, 0.717) is 17.9 Å². The molecule has 35 heavy (non-hydrogen) atoms. The standard InChI is InChI=1S/C29H32N4O2/c1-6-32(28(35)23-15-14-21-11-7-8-12-22(21)17-23)19-27(34)30-26-18-25(29(3,4)5)31-33(26)24-13-9-10-20(2)16-24/h7-18H,6,19H2,1-5H3,(H,30,34). The molecular weight excluding hydrogens is 436 g/mol. The molecule has 180 valence electrons. The second-order valence-electron chi connectivity index (χ2n) is 9.85. The minimum Gasteiger partial charge on any atom is -0.330 e. The second-order valence-corrected chi connectivity index (χ2v) is 9.85. The molecule has 0 bridgehead atoms. The van der Waals surface area contributed by atoms with E-state index < -0.39 is 0 Å². The Bertz CT molecular complexity index is 1380. The summed E-state index contributed by atoms with van der Waals surface area (Å²) in [6.07, 6.45) is 0. The Kier molecular flexibility index (Phi) is 6.74. The first kappa shape index (κ1) is 24.2. The number of anilines is 1. The van der Waals surface area contributed by atoms with Crippen LogP contribution >= 0.6 is 0 Å². The van der Waals surface area contributed by atoms with Gasteiger partial charge in [-0.3, -0.25) is 9.59 Å². The minimum absolute atomic E-state index is 0.0496. The summed E-state index contributed by atoms with van der Waals surface area (Å²) in [4.78, 5) is 27.8. The van der Waals surface area contributed by atoms with Crippen molar-refractivity contribution in [2.24, 2.45) is 0 Å². The van der Waals surface area contributed by atoms with E-state index in [-0.39, 0.29) is 23.8 Å². The molecule has 0 radical (unpaired) electrons. The van der Waals surface area contributed by atoms with Crippen molar-refractivity contribution in [3.63, 3.8) is 0 Å². The van der Waals surface area contributed by atoms with E-state index in [0.717, 1.165) is 27.7 Å². The quantitative estimate of drug-likeness (QED) is 0.393. The number of carbonyl (C=O) groups is 2. The molecule has 1 heterocycles. The van der Waals surface area contributed by atoms with Gasteiger partial charge in [-0.2, -0.15) is 5.10 Å². The summed E-state index contributed by atoms with van der Waals surface area (Å²) in [7, 11) is 0. The van der Waals surface area contributed by atoms with Gasteiger partial charge < -0.3 is 10.2 Å². The Morgan fingerprint density at radius 2 is 1.69 bits per heavy atom. The van der Waals surface area contributed by atoms with Crippen molar-refractivity contribution in [1.82, 2.24) is 14.7 Å². The van der Waals surface area contributed by atoms with E-state index in [1.807, 2.05) is 86.6 Å². The molecule has 4 aromatic rings. The molecule has 1 N–H and O–H groups in total. The molecule has 0 aliphatic heterocycles. The van der Waals surface area contributed by atoms with Crippen LogP contribution in [0.4, 0.5) is 5.82 Å².